The van der Waals surface area contributed by atoms with Crippen molar-refractivity contribution in [3.63, 3.8) is 0 Å². The Labute approximate surface area is 153 Å². The van der Waals surface area contributed by atoms with E-state index in [9.17, 15) is 34.8 Å². The van der Waals surface area contributed by atoms with Crippen LogP contribution in [0.25, 0.3) is 22.4 Å². The highest BCUT2D eigenvalue weighted by atomic mass is 32.2. The molecule has 1 heterocycles. The summed E-state index contributed by atoms with van der Waals surface area (Å²) in [7, 11) is -4.78. The minimum absolute atomic E-state index is 0.221. The van der Waals surface area contributed by atoms with Gasteiger partial charge < -0.3 is 4.52 Å². The highest BCUT2D eigenvalue weighted by Crippen LogP contribution is 2.40. The van der Waals surface area contributed by atoms with Crippen molar-refractivity contribution in [2.75, 3.05) is 0 Å². The van der Waals surface area contributed by atoms with Gasteiger partial charge in [0, 0.05) is 5.56 Å². The molecule has 148 valence electrons. The molecule has 3 rings (SSSR count). The molecule has 1 aromatic heterocycles. The number of hydrogen-bond donors (Lipinski definition) is 1. The summed E-state index contributed by atoms with van der Waals surface area (Å²) in [5, 5.41) is 8.07. The van der Waals surface area contributed by atoms with Crippen molar-refractivity contribution in [1.29, 1.82) is 0 Å². The van der Waals surface area contributed by atoms with Crippen molar-refractivity contribution >= 4 is 10.0 Å². The first-order valence-corrected chi connectivity index (χ1v) is 8.80. The second-order valence-corrected chi connectivity index (χ2v) is 7.01. The fourth-order valence-electron chi connectivity index (χ4n) is 2.55. The smallest absolute Gasteiger partial charge is 0.298 e. The predicted molar refractivity (Wildman–Crippen MR) is 83.5 cm³/mol. The molecule has 0 bridgehead atoms. The zero-order valence-electron chi connectivity index (χ0n) is 13.4. The van der Waals surface area contributed by atoms with Crippen LogP contribution < -0.4 is 5.14 Å². The lowest BCUT2D eigenvalue weighted by atomic mass is 9.98. The maximum atomic E-state index is 14.1. The van der Waals surface area contributed by atoms with Crippen molar-refractivity contribution in [2.24, 2.45) is 5.14 Å². The molecule has 2 aromatic carbocycles. The van der Waals surface area contributed by atoms with Crippen LogP contribution in [0.5, 0.6) is 0 Å². The first-order valence-electron chi connectivity index (χ1n) is 7.26. The van der Waals surface area contributed by atoms with Crippen LogP contribution in [0.3, 0.4) is 0 Å². The molecule has 0 unspecified atom stereocenters. The van der Waals surface area contributed by atoms with E-state index in [4.69, 9.17) is 5.14 Å². The largest absolute Gasteiger partial charge is 0.354 e. The zero-order valence-corrected chi connectivity index (χ0v) is 14.2. The lowest BCUT2D eigenvalue weighted by Crippen LogP contribution is -2.16. The maximum absolute atomic E-state index is 14.1. The summed E-state index contributed by atoms with van der Waals surface area (Å²) in [6.07, 6.45) is -3.29. The molecule has 0 amide bonds. The summed E-state index contributed by atoms with van der Waals surface area (Å²) in [5.74, 6) is -6.95. The monoisotopic (exact) mass is 422 g/mol. The zero-order chi connectivity index (χ0) is 20.8. The Bertz CT molecular complexity index is 1150. The number of rotatable bonds is 4. The molecule has 0 aliphatic heterocycles. The molecular formula is C16H8F6N2O3S. The number of nitrogens with zero attached hydrogens (tertiary/aromatic N) is 1. The molecule has 12 heteroatoms. The average Bonchev–Trinajstić information content (AvgIpc) is 3.00. The van der Waals surface area contributed by atoms with E-state index >= 15 is 0 Å². The van der Waals surface area contributed by atoms with E-state index in [2.05, 4.69) is 9.68 Å². The van der Waals surface area contributed by atoms with Crippen LogP contribution in [0, 0.1) is 23.3 Å². The van der Waals surface area contributed by atoms with Crippen LogP contribution >= 0.6 is 0 Å². The van der Waals surface area contributed by atoms with E-state index in [1.165, 1.54) is 0 Å². The molecule has 0 saturated carbocycles. The molecule has 5 nitrogen and oxygen atoms in total. The third kappa shape index (κ3) is 3.47. The molecule has 2 N–H and O–H groups in total. The normalized spacial score (nSPS) is 12.0. The predicted octanol–water partition coefficient (Wildman–Crippen LogP) is 4.15. The number of hydrogen-bond acceptors (Lipinski definition) is 4. The lowest BCUT2D eigenvalue weighted by molar-refractivity contribution is 0.113. The van der Waals surface area contributed by atoms with Crippen LogP contribution in [-0.4, -0.2) is 13.6 Å². The number of primary sulfonamides is 1. The molecular weight excluding hydrogens is 414 g/mol. The standard InChI is InChI=1S/C16H8F6N2O3S/c17-8-2-1-6(3-9(8)18)13-12(14(16(21)22)27-24-13)7-4-10(19)15(11(20)5-7)28(23,25)26/h1-5,16H,(H2,23,25,26). The van der Waals surface area contributed by atoms with E-state index in [-0.39, 0.29) is 5.56 Å². The lowest BCUT2D eigenvalue weighted by Gasteiger charge is -2.08. The number of aromatic nitrogens is 1. The number of alkyl halides is 2. The Morgan fingerprint density at radius 2 is 1.46 bits per heavy atom. The molecule has 3 aromatic rings. The molecule has 28 heavy (non-hydrogen) atoms. The molecule has 0 spiro atoms. The van der Waals surface area contributed by atoms with Crippen molar-refractivity contribution in [2.45, 2.75) is 11.3 Å². The third-order valence-electron chi connectivity index (χ3n) is 3.68. The highest BCUT2D eigenvalue weighted by Gasteiger charge is 2.29. The topological polar surface area (TPSA) is 86.2 Å². The summed E-state index contributed by atoms with van der Waals surface area (Å²) < 4.78 is 109. The van der Waals surface area contributed by atoms with Crippen LogP contribution in [0.4, 0.5) is 26.3 Å². The Morgan fingerprint density at radius 1 is 0.893 bits per heavy atom. The van der Waals surface area contributed by atoms with E-state index in [1.54, 1.807) is 0 Å². The van der Waals surface area contributed by atoms with Crippen LogP contribution in [0.1, 0.15) is 12.2 Å². The molecule has 0 atom stereocenters. The first-order chi connectivity index (χ1) is 13.0. The van der Waals surface area contributed by atoms with Crippen molar-refractivity contribution < 1.29 is 39.3 Å². The van der Waals surface area contributed by atoms with Crippen LogP contribution in [-0.2, 0) is 10.0 Å². The van der Waals surface area contributed by atoms with Gasteiger partial charge in [-0.2, -0.15) is 0 Å². The molecule has 0 saturated heterocycles. The molecule has 0 fully saturated rings. The Balaban J connectivity index is 2.30. The van der Waals surface area contributed by atoms with Gasteiger partial charge in [0.2, 0.25) is 15.8 Å². The summed E-state index contributed by atoms with van der Waals surface area (Å²) in [4.78, 5) is -1.46. The van der Waals surface area contributed by atoms with Gasteiger partial charge in [0.05, 0.1) is 5.56 Å². The number of benzene rings is 2. The maximum Gasteiger partial charge on any atom is 0.298 e. The number of halogens is 6. The van der Waals surface area contributed by atoms with Crippen molar-refractivity contribution in [3.8, 4) is 22.4 Å². The summed E-state index contributed by atoms with van der Waals surface area (Å²) in [5.41, 5.74) is -1.88. The summed E-state index contributed by atoms with van der Waals surface area (Å²) in [6, 6.07) is 3.17. The van der Waals surface area contributed by atoms with Crippen LogP contribution in [0.15, 0.2) is 39.8 Å². The highest BCUT2D eigenvalue weighted by molar-refractivity contribution is 7.89. The second kappa shape index (κ2) is 6.95. The van der Waals surface area contributed by atoms with E-state index in [0.29, 0.717) is 24.3 Å². The number of sulfonamides is 1. The molecule has 0 radical (unpaired) electrons. The average molecular weight is 422 g/mol. The van der Waals surface area contributed by atoms with Crippen LogP contribution in [0.2, 0.25) is 0 Å². The molecule has 0 aliphatic carbocycles. The molecule has 0 aliphatic rings. The van der Waals surface area contributed by atoms with Gasteiger partial charge in [-0.1, -0.05) is 5.16 Å². The first kappa shape index (κ1) is 19.9. The van der Waals surface area contributed by atoms with E-state index in [1.807, 2.05) is 0 Å². The summed E-state index contributed by atoms with van der Waals surface area (Å²) in [6.45, 7) is 0. The summed E-state index contributed by atoms with van der Waals surface area (Å²) >= 11 is 0. The SMILES string of the molecule is NS(=O)(=O)c1c(F)cc(-c2c(-c3ccc(F)c(F)c3)noc2C(F)F)cc1F. The fourth-order valence-corrected chi connectivity index (χ4v) is 3.21. The van der Waals surface area contributed by atoms with Gasteiger partial charge in [0.25, 0.3) is 6.43 Å². The van der Waals surface area contributed by atoms with Gasteiger partial charge in [-0.05, 0) is 35.9 Å². The fraction of sp³-hybridized carbons (Fsp3) is 0.0625. The quantitative estimate of drug-likeness (QED) is 0.640. The number of nitrogens with two attached hydrogens (primary N) is 1. The van der Waals surface area contributed by atoms with E-state index in [0.717, 1.165) is 6.07 Å². The van der Waals surface area contributed by atoms with Crippen molar-refractivity contribution in [3.05, 3.63) is 59.4 Å². The van der Waals surface area contributed by atoms with Gasteiger partial charge in [0.15, 0.2) is 16.5 Å². The van der Waals surface area contributed by atoms with Gasteiger partial charge in [-0.25, -0.2) is 39.9 Å². The third-order valence-corrected chi connectivity index (χ3v) is 4.64. The Kier molecular flexibility index (Phi) is 4.93. The van der Waals surface area contributed by atoms with Gasteiger partial charge in [-0.3, -0.25) is 0 Å². The Morgan fingerprint density at radius 3 is 1.96 bits per heavy atom. The van der Waals surface area contributed by atoms with Crippen molar-refractivity contribution in [1.82, 2.24) is 5.16 Å². The Hall–Kier alpha value is -2.86. The van der Waals surface area contributed by atoms with Gasteiger partial charge in [0.1, 0.15) is 17.3 Å². The van der Waals surface area contributed by atoms with E-state index < -0.39 is 67.2 Å². The van der Waals surface area contributed by atoms with Gasteiger partial charge in [-0.15, -0.1) is 0 Å². The van der Waals surface area contributed by atoms with Gasteiger partial charge >= 0.3 is 0 Å². The minimum atomic E-state index is -4.78. The minimum Gasteiger partial charge on any atom is -0.354 e. The second-order valence-electron chi connectivity index (χ2n) is 5.51.